The predicted molar refractivity (Wildman–Crippen MR) is 79.5 cm³/mol. The van der Waals surface area contributed by atoms with Crippen molar-refractivity contribution in [1.29, 1.82) is 0 Å². The van der Waals surface area contributed by atoms with E-state index in [9.17, 15) is 4.79 Å². The number of aryl methyl sites for hydroxylation is 1. The van der Waals surface area contributed by atoms with Crippen LogP contribution in [0.4, 0.5) is 5.82 Å². The Labute approximate surface area is 123 Å². The lowest BCUT2D eigenvalue weighted by Gasteiger charge is -2.17. The van der Waals surface area contributed by atoms with Crippen molar-refractivity contribution in [2.45, 2.75) is 13.3 Å². The summed E-state index contributed by atoms with van der Waals surface area (Å²) in [6.45, 7) is 2.60. The van der Waals surface area contributed by atoms with Gasteiger partial charge in [0.2, 0.25) is 5.91 Å². The van der Waals surface area contributed by atoms with Crippen LogP contribution in [0.1, 0.15) is 12.1 Å². The lowest BCUT2D eigenvalue weighted by Crippen LogP contribution is -2.27. The topological polar surface area (TPSA) is 38.1 Å². The molecule has 3 rings (SSSR count). The maximum absolute atomic E-state index is 12.2. The maximum Gasteiger partial charge on any atom is 0.228 e. The number of alkyl halides is 1. The quantitative estimate of drug-likeness (QED) is 0.815. The van der Waals surface area contributed by atoms with E-state index in [1.807, 2.05) is 48.0 Å². The summed E-state index contributed by atoms with van der Waals surface area (Å²) in [6, 6.07) is 11.8. The molecule has 5 heteroatoms. The predicted octanol–water partition coefficient (Wildman–Crippen LogP) is 2.77. The fourth-order valence-electron chi connectivity index (χ4n) is 2.54. The molecule has 1 aromatic carbocycles. The van der Waals surface area contributed by atoms with Crippen LogP contribution in [0.5, 0.6) is 0 Å². The van der Waals surface area contributed by atoms with Crippen molar-refractivity contribution >= 4 is 23.3 Å². The van der Waals surface area contributed by atoms with E-state index in [0.29, 0.717) is 18.8 Å². The van der Waals surface area contributed by atoms with Crippen molar-refractivity contribution in [3.05, 3.63) is 42.1 Å². The van der Waals surface area contributed by atoms with Crippen LogP contribution in [0.15, 0.2) is 36.4 Å². The van der Waals surface area contributed by atoms with Gasteiger partial charge in [0.1, 0.15) is 5.82 Å². The Balaban J connectivity index is 2.01. The van der Waals surface area contributed by atoms with E-state index < -0.39 is 0 Å². The molecule has 2 aromatic rings. The van der Waals surface area contributed by atoms with Crippen molar-refractivity contribution in [2.75, 3.05) is 17.3 Å². The second-order valence-electron chi connectivity index (χ2n) is 5.12. The van der Waals surface area contributed by atoms with E-state index in [0.717, 1.165) is 17.2 Å². The summed E-state index contributed by atoms with van der Waals surface area (Å²) >= 11 is 5.89. The fraction of sp³-hybridized carbons (Fsp3) is 0.333. The molecule has 0 saturated carbocycles. The Morgan fingerprint density at radius 1 is 1.35 bits per heavy atom. The third kappa shape index (κ3) is 2.31. The largest absolute Gasteiger partial charge is 0.296 e. The number of rotatable bonds is 3. The fourth-order valence-corrected chi connectivity index (χ4v) is 2.75. The molecule has 1 fully saturated rings. The summed E-state index contributed by atoms with van der Waals surface area (Å²) in [5, 5.41) is 4.50. The molecule has 1 unspecified atom stereocenters. The molecule has 1 aliphatic rings. The van der Waals surface area contributed by atoms with Crippen LogP contribution in [-0.4, -0.2) is 28.1 Å². The highest BCUT2D eigenvalue weighted by molar-refractivity contribution is 6.18. The van der Waals surface area contributed by atoms with Gasteiger partial charge in [-0.25, -0.2) is 4.68 Å². The van der Waals surface area contributed by atoms with Gasteiger partial charge in [-0.05, 0) is 25.0 Å². The summed E-state index contributed by atoms with van der Waals surface area (Å²) in [5.41, 5.74) is 1.85. The lowest BCUT2D eigenvalue weighted by molar-refractivity contribution is -0.117. The molecular formula is C15H16ClN3O. The van der Waals surface area contributed by atoms with E-state index in [2.05, 4.69) is 5.10 Å². The highest BCUT2D eigenvalue weighted by Gasteiger charge is 2.32. The van der Waals surface area contributed by atoms with Crippen LogP contribution < -0.4 is 4.90 Å². The molecule has 1 aliphatic heterocycles. The summed E-state index contributed by atoms with van der Waals surface area (Å²) in [7, 11) is 0. The third-order valence-electron chi connectivity index (χ3n) is 3.51. The van der Waals surface area contributed by atoms with Gasteiger partial charge >= 0.3 is 0 Å². The molecule has 1 atom stereocenters. The lowest BCUT2D eigenvalue weighted by atomic mass is 10.1. The number of aromatic nitrogens is 2. The van der Waals surface area contributed by atoms with Gasteiger partial charge in [-0.3, -0.25) is 9.69 Å². The SMILES string of the molecule is Cc1cc(N2CC(CCl)CC2=O)n(-c2ccccc2)n1. The number of anilines is 1. The molecule has 20 heavy (non-hydrogen) atoms. The minimum atomic E-state index is 0.118. The third-order valence-corrected chi connectivity index (χ3v) is 3.95. The molecule has 2 heterocycles. The van der Waals surface area contributed by atoms with Gasteiger partial charge in [-0.2, -0.15) is 5.10 Å². The first-order valence-electron chi connectivity index (χ1n) is 6.67. The zero-order chi connectivity index (χ0) is 14.1. The van der Waals surface area contributed by atoms with Crippen LogP contribution in [0.3, 0.4) is 0 Å². The summed E-state index contributed by atoms with van der Waals surface area (Å²) in [4.78, 5) is 14.0. The van der Waals surface area contributed by atoms with Gasteiger partial charge < -0.3 is 0 Å². The molecule has 104 valence electrons. The Hall–Kier alpha value is -1.81. The Morgan fingerprint density at radius 2 is 2.10 bits per heavy atom. The first-order valence-corrected chi connectivity index (χ1v) is 7.21. The molecule has 1 aromatic heterocycles. The zero-order valence-electron chi connectivity index (χ0n) is 11.3. The number of carbonyl (C=O) groups is 1. The van der Waals surface area contributed by atoms with Crippen LogP contribution in [0.2, 0.25) is 0 Å². The average Bonchev–Trinajstić information content (AvgIpc) is 3.02. The summed E-state index contributed by atoms with van der Waals surface area (Å²) in [5.74, 6) is 1.68. The smallest absolute Gasteiger partial charge is 0.228 e. The van der Waals surface area contributed by atoms with Gasteiger partial charge in [-0.15, -0.1) is 11.6 Å². The molecular weight excluding hydrogens is 274 g/mol. The number of nitrogens with zero attached hydrogens (tertiary/aromatic N) is 3. The molecule has 0 bridgehead atoms. The van der Waals surface area contributed by atoms with E-state index in [4.69, 9.17) is 11.6 Å². The zero-order valence-corrected chi connectivity index (χ0v) is 12.0. The Morgan fingerprint density at radius 3 is 2.75 bits per heavy atom. The van der Waals surface area contributed by atoms with E-state index in [1.54, 1.807) is 4.90 Å². The molecule has 0 aliphatic carbocycles. The average molecular weight is 290 g/mol. The minimum Gasteiger partial charge on any atom is -0.296 e. The first kappa shape index (κ1) is 13.2. The van der Waals surface area contributed by atoms with Gasteiger partial charge in [0.25, 0.3) is 0 Å². The summed E-state index contributed by atoms with van der Waals surface area (Å²) < 4.78 is 1.82. The van der Waals surface area contributed by atoms with E-state index >= 15 is 0 Å². The number of benzene rings is 1. The van der Waals surface area contributed by atoms with Crippen molar-refractivity contribution in [3.8, 4) is 5.69 Å². The number of halogens is 1. The van der Waals surface area contributed by atoms with Crippen molar-refractivity contribution < 1.29 is 4.79 Å². The molecule has 0 N–H and O–H groups in total. The highest BCUT2D eigenvalue weighted by Crippen LogP contribution is 2.28. The second kappa shape index (κ2) is 5.29. The number of hydrogen-bond donors (Lipinski definition) is 0. The van der Waals surface area contributed by atoms with Crippen LogP contribution in [0, 0.1) is 12.8 Å². The van der Waals surface area contributed by atoms with Crippen molar-refractivity contribution in [2.24, 2.45) is 5.92 Å². The Bertz CT molecular complexity index is 623. The van der Waals surface area contributed by atoms with Gasteiger partial charge in [0, 0.05) is 24.9 Å². The standard InChI is InChI=1S/C15H16ClN3O/c1-11-7-14(18-10-12(9-16)8-15(18)20)19(17-11)13-5-3-2-4-6-13/h2-7,12H,8-10H2,1H3. The van der Waals surface area contributed by atoms with Gasteiger partial charge in [0.15, 0.2) is 0 Å². The number of hydrogen-bond acceptors (Lipinski definition) is 2. The second-order valence-corrected chi connectivity index (χ2v) is 5.43. The van der Waals surface area contributed by atoms with Gasteiger partial charge in [0.05, 0.1) is 11.4 Å². The van der Waals surface area contributed by atoms with E-state index in [1.165, 1.54) is 0 Å². The first-order chi connectivity index (χ1) is 9.69. The van der Waals surface area contributed by atoms with E-state index in [-0.39, 0.29) is 11.8 Å². The molecule has 0 spiro atoms. The van der Waals surface area contributed by atoms with Gasteiger partial charge in [-0.1, -0.05) is 18.2 Å². The molecule has 1 saturated heterocycles. The highest BCUT2D eigenvalue weighted by atomic mass is 35.5. The molecule has 1 amide bonds. The number of carbonyl (C=O) groups excluding carboxylic acids is 1. The maximum atomic E-state index is 12.2. The monoisotopic (exact) mass is 289 g/mol. The molecule has 0 radical (unpaired) electrons. The number of amides is 1. The van der Waals surface area contributed by atoms with Crippen LogP contribution in [-0.2, 0) is 4.79 Å². The number of para-hydroxylation sites is 1. The van der Waals surface area contributed by atoms with Crippen molar-refractivity contribution in [3.63, 3.8) is 0 Å². The summed E-state index contributed by atoms with van der Waals surface area (Å²) in [6.07, 6.45) is 0.516. The van der Waals surface area contributed by atoms with Crippen LogP contribution in [0.25, 0.3) is 5.69 Å². The minimum absolute atomic E-state index is 0.118. The molecule has 4 nitrogen and oxygen atoms in total. The van der Waals surface area contributed by atoms with Crippen molar-refractivity contribution in [1.82, 2.24) is 9.78 Å². The van der Waals surface area contributed by atoms with Crippen LogP contribution >= 0.6 is 11.6 Å². The Kier molecular flexibility index (Phi) is 3.49. The normalized spacial score (nSPS) is 18.8.